The van der Waals surface area contributed by atoms with Gasteiger partial charge in [-0.3, -0.25) is 0 Å². The van der Waals surface area contributed by atoms with Gasteiger partial charge in [0, 0.05) is 18.1 Å². The molecule has 0 bridgehead atoms. The summed E-state index contributed by atoms with van der Waals surface area (Å²) in [6.45, 7) is 13.5. The van der Waals surface area contributed by atoms with Gasteiger partial charge >= 0.3 is 0 Å². The Balaban J connectivity index is 3.06. The van der Waals surface area contributed by atoms with Crippen LogP contribution in [0, 0.1) is 0 Å². The van der Waals surface area contributed by atoms with Crippen molar-refractivity contribution in [3.05, 3.63) is 61.1 Å². The van der Waals surface area contributed by atoms with Gasteiger partial charge in [-0.25, -0.2) is 0 Å². The lowest BCUT2D eigenvalue weighted by atomic mass is 10.0. The average molecular weight is 159 g/mol. The third-order valence-electron chi connectivity index (χ3n) is 1.93. The van der Waals surface area contributed by atoms with Crippen LogP contribution < -0.4 is 0 Å². The maximum atomic E-state index is 3.94. The summed E-state index contributed by atoms with van der Waals surface area (Å²) < 4.78 is 0. The highest BCUT2D eigenvalue weighted by molar-refractivity contribution is 5.52. The minimum atomic E-state index is 0.889. The largest absolute Gasteiger partial charge is 0.324 e. The fourth-order valence-electron chi connectivity index (χ4n) is 1.12. The molecular weight excluding hydrogens is 146 g/mol. The van der Waals surface area contributed by atoms with Crippen molar-refractivity contribution in [2.75, 3.05) is 0 Å². The Morgan fingerprint density at radius 3 is 2.58 bits per heavy atom. The average Bonchev–Trinajstić information content (AvgIpc) is 2.10. The molecule has 0 radical (unpaired) electrons. The molecule has 62 valence electrons. The van der Waals surface area contributed by atoms with Gasteiger partial charge < -0.3 is 4.90 Å². The van der Waals surface area contributed by atoms with Crippen LogP contribution in [-0.2, 0) is 0 Å². The highest BCUT2D eigenvalue weighted by Gasteiger charge is 2.12. The van der Waals surface area contributed by atoms with Gasteiger partial charge in [0.15, 0.2) is 0 Å². The fraction of sp³-hybridized carbons (Fsp3) is 0.0909. The zero-order valence-corrected chi connectivity index (χ0v) is 7.38. The molecule has 0 aromatic heterocycles. The quantitative estimate of drug-likeness (QED) is 0.568. The second-order valence-corrected chi connectivity index (χ2v) is 2.57. The van der Waals surface area contributed by atoms with E-state index in [2.05, 4.69) is 19.7 Å². The van der Waals surface area contributed by atoms with E-state index in [1.807, 2.05) is 30.2 Å². The Morgan fingerprint density at radius 2 is 2.08 bits per heavy atom. The molecule has 12 heavy (non-hydrogen) atoms. The normalized spacial score (nSPS) is 20.4. The highest BCUT2D eigenvalue weighted by Crippen LogP contribution is 2.25. The van der Waals surface area contributed by atoms with Crippen molar-refractivity contribution in [3.63, 3.8) is 0 Å². The van der Waals surface area contributed by atoms with E-state index in [1.54, 1.807) is 6.20 Å². The van der Waals surface area contributed by atoms with Crippen LogP contribution in [0.15, 0.2) is 61.1 Å². The Kier molecular flexibility index (Phi) is 2.34. The molecule has 0 aliphatic carbocycles. The lowest BCUT2D eigenvalue weighted by Crippen LogP contribution is -2.14. The number of rotatable bonds is 1. The minimum Gasteiger partial charge on any atom is -0.324 e. The van der Waals surface area contributed by atoms with E-state index in [1.165, 1.54) is 0 Å². The first-order valence-corrected chi connectivity index (χ1v) is 3.84. The molecule has 0 saturated carbocycles. The van der Waals surface area contributed by atoms with Gasteiger partial charge in [0.1, 0.15) is 0 Å². The van der Waals surface area contributed by atoms with Gasteiger partial charge in [-0.05, 0) is 24.1 Å². The van der Waals surface area contributed by atoms with E-state index in [-0.39, 0.29) is 0 Å². The molecule has 0 atom stereocenters. The third kappa shape index (κ3) is 1.26. The summed E-state index contributed by atoms with van der Waals surface area (Å²) in [7, 11) is 0. The molecular formula is C11H13N. The maximum Gasteiger partial charge on any atom is 0.0449 e. The highest BCUT2D eigenvalue weighted by atomic mass is 15.1. The number of allylic oxidation sites excluding steroid dienone is 3. The summed E-state index contributed by atoms with van der Waals surface area (Å²) in [5.41, 5.74) is 2.97. The van der Waals surface area contributed by atoms with Crippen molar-refractivity contribution >= 4 is 0 Å². The molecule has 0 saturated heterocycles. The van der Waals surface area contributed by atoms with Crippen LogP contribution in [0.4, 0.5) is 0 Å². The molecule has 1 rings (SSSR count). The van der Waals surface area contributed by atoms with Gasteiger partial charge in [-0.1, -0.05) is 25.8 Å². The van der Waals surface area contributed by atoms with Crippen molar-refractivity contribution in [3.8, 4) is 0 Å². The molecule has 0 N–H and O–H groups in total. The first-order chi connectivity index (χ1) is 5.70. The monoisotopic (exact) mass is 159 g/mol. The molecule has 0 fully saturated rings. The van der Waals surface area contributed by atoms with E-state index in [0.717, 1.165) is 16.8 Å². The Morgan fingerprint density at radius 1 is 1.42 bits per heavy atom. The van der Waals surface area contributed by atoms with Crippen LogP contribution >= 0.6 is 0 Å². The SMILES string of the molecule is C=CN1C=CC(=CC)C(=C)C1=C. The molecule has 0 unspecified atom stereocenters. The van der Waals surface area contributed by atoms with Crippen LogP contribution in [-0.4, -0.2) is 4.90 Å². The van der Waals surface area contributed by atoms with E-state index in [9.17, 15) is 0 Å². The van der Waals surface area contributed by atoms with Gasteiger partial charge in [-0.2, -0.15) is 0 Å². The summed E-state index contributed by atoms with van der Waals surface area (Å²) in [4.78, 5) is 1.86. The molecule has 1 aliphatic heterocycles. The topological polar surface area (TPSA) is 3.24 Å². The van der Waals surface area contributed by atoms with Gasteiger partial charge in [-0.15, -0.1) is 0 Å². The molecule has 0 spiro atoms. The van der Waals surface area contributed by atoms with Crippen molar-refractivity contribution in [1.82, 2.24) is 4.90 Å². The summed E-state index contributed by atoms with van der Waals surface area (Å²) in [5.74, 6) is 0. The van der Waals surface area contributed by atoms with Crippen LogP contribution in [0.5, 0.6) is 0 Å². The molecule has 1 heteroatoms. The molecule has 0 amide bonds. The Labute approximate surface area is 73.7 Å². The van der Waals surface area contributed by atoms with Gasteiger partial charge in [0.2, 0.25) is 0 Å². The van der Waals surface area contributed by atoms with Crippen molar-refractivity contribution in [1.29, 1.82) is 0 Å². The Hall–Kier alpha value is -1.50. The molecule has 1 aliphatic rings. The number of hydrogen-bond acceptors (Lipinski definition) is 1. The molecule has 0 aromatic rings. The van der Waals surface area contributed by atoms with Crippen LogP contribution in [0.1, 0.15) is 6.92 Å². The minimum absolute atomic E-state index is 0.889. The first-order valence-electron chi connectivity index (χ1n) is 3.84. The third-order valence-corrected chi connectivity index (χ3v) is 1.93. The molecule has 0 aromatic carbocycles. The zero-order chi connectivity index (χ0) is 9.14. The summed E-state index contributed by atoms with van der Waals surface area (Å²) in [6, 6.07) is 0. The van der Waals surface area contributed by atoms with Gasteiger partial charge in [0.25, 0.3) is 0 Å². The summed E-state index contributed by atoms with van der Waals surface area (Å²) in [6.07, 6.45) is 7.67. The second kappa shape index (κ2) is 3.26. The van der Waals surface area contributed by atoms with E-state index >= 15 is 0 Å². The lowest BCUT2D eigenvalue weighted by molar-refractivity contribution is 0.638. The summed E-state index contributed by atoms with van der Waals surface area (Å²) in [5, 5.41) is 0. The van der Waals surface area contributed by atoms with E-state index < -0.39 is 0 Å². The van der Waals surface area contributed by atoms with Crippen LogP contribution in [0.2, 0.25) is 0 Å². The number of hydrogen-bond donors (Lipinski definition) is 0. The first kappa shape index (κ1) is 8.60. The molecule has 1 nitrogen and oxygen atoms in total. The predicted octanol–water partition coefficient (Wildman–Crippen LogP) is 2.98. The van der Waals surface area contributed by atoms with E-state index in [0.29, 0.717) is 0 Å². The Bertz CT molecular complexity index is 292. The predicted molar refractivity (Wildman–Crippen MR) is 53.2 cm³/mol. The van der Waals surface area contributed by atoms with Gasteiger partial charge in [0.05, 0.1) is 0 Å². The smallest absolute Gasteiger partial charge is 0.0449 e. The van der Waals surface area contributed by atoms with Crippen molar-refractivity contribution in [2.45, 2.75) is 6.92 Å². The fourth-order valence-corrected chi connectivity index (χ4v) is 1.12. The lowest BCUT2D eigenvalue weighted by Gasteiger charge is -2.24. The summed E-state index contributed by atoms with van der Waals surface area (Å²) >= 11 is 0. The van der Waals surface area contributed by atoms with Crippen LogP contribution in [0.25, 0.3) is 0 Å². The number of nitrogens with zero attached hydrogens (tertiary/aromatic N) is 1. The molecule has 1 heterocycles. The van der Waals surface area contributed by atoms with E-state index in [4.69, 9.17) is 0 Å². The van der Waals surface area contributed by atoms with Crippen molar-refractivity contribution in [2.24, 2.45) is 0 Å². The van der Waals surface area contributed by atoms with Crippen LogP contribution in [0.3, 0.4) is 0 Å². The maximum absolute atomic E-state index is 3.94. The standard InChI is InChI=1S/C11H13N/c1-5-11-7-8-12(6-2)10(4)9(11)3/h5-8H,2-4H2,1H3. The zero-order valence-electron chi connectivity index (χ0n) is 7.38. The second-order valence-electron chi connectivity index (χ2n) is 2.57. The van der Waals surface area contributed by atoms with Crippen molar-refractivity contribution < 1.29 is 0 Å².